The summed E-state index contributed by atoms with van der Waals surface area (Å²) in [5, 5.41) is 3.70. The van der Waals surface area contributed by atoms with Crippen molar-refractivity contribution in [1.82, 2.24) is 10.2 Å². The zero-order chi connectivity index (χ0) is 13.9. The van der Waals surface area contributed by atoms with Crippen molar-refractivity contribution in [2.75, 3.05) is 19.6 Å². The number of nitrogens with zero attached hydrogens (tertiary/aromatic N) is 1. The smallest absolute Gasteiger partial charge is 0.0354 e. The maximum absolute atomic E-state index is 3.70. The van der Waals surface area contributed by atoms with Gasteiger partial charge >= 0.3 is 0 Å². The maximum Gasteiger partial charge on any atom is 0.0354 e. The Bertz CT molecular complexity index is 449. The lowest BCUT2D eigenvalue weighted by Crippen LogP contribution is -2.44. The van der Waals surface area contributed by atoms with Gasteiger partial charge in [-0.2, -0.15) is 0 Å². The van der Waals surface area contributed by atoms with Crippen molar-refractivity contribution < 1.29 is 0 Å². The van der Waals surface area contributed by atoms with Crippen molar-refractivity contribution in [3.05, 3.63) is 34.9 Å². The lowest BCUT2D eigenvalue weighted by atomic mass is 10.0. The fourth-order valence-electron chi connectivity index (χ4n) is 3.92. The van der Waals surface area contributed by atoms with E-state index < -0.39 is 0 Å². The SMILES string of the molecule is CCN(CC1CCCCN1)C1CCc2ccc(C)cc21. The largest absolute Gasteiger partial charge is 0.313 e. The lowest BCUT2D eigenvalue weighted by Gasteiger charge is -2.34. The first-order valence-corrected chi connectivity index (χ1v) is 8.34. The number of fused-ring (bicyclic) bond motifs is 1. The Kier molecular flexibility index (Phi) is 4.42. The van der Waals surface area contributed by atoms with Crippen LogP contribution in [0.15, 0.2) is 18.2 Å². The van der Waals surface area contributed by atoms with Crippen molar-refractivity contribution in [2.45, 2.75) is 58.0 Å². The molecule has 1 aromatic carbocycles. The van der Waals surface area contributed by atoms with Crippen LogP contribution in [0.2, 0.25) is 0 Å². The molecule has 1 aromatic rings. The first kappa shape index (κ1) is 14.1. The second kappa shape index (κ2) is 6.28. The molecule has 2 aliphatic rings. The normalized spacial score (nSPS) is 25.9. The molecule has 0 aromatic heterocycles. The highest BCUT2D eigenvalue weighted by Gasteiger charge is 2.28. The van der Waals surface area contributed by atoms with E-state index in [0.29, 0.717) is 12.1 Å². The molecular weight excluding hydrogens is 244 g/mol. The molecule has 2 heteroatoms. The minimum absolute atomic E-state index is 0.652. The standard InChI is InChI=1S/C18H28N2/c1-3-20(13-16-6-4-5-11-19-16)18-10-9-15-8-7-14(2)12-17(15)18/h7-8,12,16,18-19H,3-6,9-11,13H2,1-2H3. The minimum Gasteiger partial charge on any atom is -0.313 e. The Morgan fingerprint density at radius 2 is 2.15 bits per heavy atom. The molecule has 0 amide bonds. The van der Waals surface area contributed by atoms with Crippen LogP contribution < -0.4 is 5.32 Å². The molecule has 2 nitrogen and oxygen atoms in total. The number of aryl methyl sites for hydroxylation is 2. The quantitative estimate of drug-likeness (QED) is 0.903. The van der Waals surface area contributed by atoms with Gasteiger partial charge in [0, 0.05) is 18.6 Å². The van der Waals surface area contributed by atoms with E-state index in [1.165, 1.54) is 50.8 Å². The fourth-order valence-corrected chi connectivity index (χ4v) is 3.92. The van der Waals surface area contributed by atoms with Gasteiger partial charge in [-0.05, 0) is 56.8 Å². The van der Waals surface area contributed by atoms with Gasteiger partial charge in [-0.3, -0.25) is 4.90 Å². The zero-order valence-corrected chi connectivity index (χ0v) is 13.0. The van der Waals surface area contributed by atoms with Crippen LogP contribution in [-0.4, -0.2) is 30.6 Å². The summed E-state index contributed by atoms with van der Waals surface area (Å²) < 4.78 is 0. The second-order valence-electron chi connectivity index (χ2n) is 6.49. The number of benzene rings is 1. The van der Waals surface area contributed by atoms with Crippen LogP contribution in [-0.2, 0) is 6.42 Å². The van der Waals surface area contributed by atoms with E-state index in [0.717, 1.165) is 6.54 Å². The molecule has 1 saturated heterocycles. The molecule has 2 unspecified atom stereocenters. The summed E-state index contributed by atoms with van der Waals surface area (Å²) in [6.45, 7) is 8.12. The predicted molar refractivity (Wildman–Crippen MR) is 85.1 cm³/mol. The van der Waals surface area contributed by atoms with Gasteiger partial charge in [0.05, 0.1) is 0 Å². The number of rotatable bonds is 4. The number of hydrogen-bond donors (Lipinski definition) is 1. The second-order valence-corrected chi connectivity index (χ2v) is 6.49. The summed E-state index contributed by atoms with van der Waals surface area (Å²) in [5.74, 6) is 0. The van der Waals surface area contributed by atoms with Crippen LogP contribution in [0.4, 0.5) is 0 Å². The molecule has 1 heterocycles. The molecule has 20 heavy (non-hydrogen) atoms. The summed E-state index contributed by atoms with van der Waals surface area (Å²) in [7, 11) is 0. The van der Waals surface area contributed by atoms with E-state index in [9.17, 15) is 0 Å². The average molecular weight is 272 g/mol. The van der Waals surface area contributed by atoms with Crippen LogP contribution in [0.25, 0.3) is 0 Å². The summed E-state index contributed by atoms with van der Waals surface area (Å²) in [5.41, 5.74) is 4.58. The molecule has 2 atom stereocenters. The molecule has 0 spiro atoms. The molecule has 1 aliphatic heterocycles. The van der Waals surface area contributed by atoms with Crippen LogP contribution in [0.1, 0.15) is 55.3 Å². The van der Waals surface area contributed by atoms with Gasteiger partial charge in [0.2, 0.25) is 0 Å². The van der Waals surface area contributed by atoms with Crippen molar-refractivity contribution in [3.8, 4) is 0 Å². The highest BCUT2D eigenvalue weighted by molar-refractivity contribution is 5.37. The van der Waals surface area contributed by atoms with Gasteiger partial charge in [-0.15, -0.1) is 0 Å². The topological polar surface area (TPSA) is 15.3 Å². The van der Waals surface area contributed by atoms with E-state index >= 15 is 0 Å². The van der Waals surface area contributed by atoms with E-state index in [1.54, 1.807) is 11.1 Å². The van der Waals surface area contributed by atoms with Crippen molar-refractivity contribution in [2.24, 2.45) is 0 Å². The van der Waals surface area contributed by atoms with Crippen molar-refractivity contribution >= 4 is 0 Å². The Morgan fingerprint density at radius 1 is 1.25 bits per heavy atom. The first-order chi connectivity index (χ1) is 9.78. The Balaban J connectivity index is 1.72. The van der Waals surface area contributed by atoms with Crippen molar-refractivity contribution in [3.63, 3.8) is 0 Å². The van der Waals surface area contributed by atoms with E-state index in [4.69, 9.17) is 0 Å². The third-order valence-corrected chi connectivity index (χ3v) is 5.06. The summed E-state index contributed by atoms with van der Waals surface area (Å²) >= 11 is 0. The third kappa shape index (κ3) is 2.91. The molecule has 1 N–H and O–H groups in total. The summed E-state index contributed by atoms with van der Waals surface area (Å²) in [6, 6.07) is 8.39. The fraction of sp³-hybridized carbons (Fsp3) is 0.667. The molecule has 0 radical (unpaired) electrons. The molecule has 0 bridgehead atoms. The monoisotopic (exact) mass is 272 g/mol. The molecule has 1 fully saturated rings. The molecule has 110 valence electrons. The van der Waals surface area contributed by atoms with Crippen LogP contribution in [0.5, 0.6) is 0 Å². The number of nitrogens with one attached hydrogen (secondary N) is 1. The van der Waals surface area contributed by atoms with E-state index in [-0.39, 0.29) is 0 Å². The maximum atomic E-state index is 3.70. The number of likely N-dealkylation sites (N-methyl/N-ethyl adjacent to an activating group) is 1. The Hall–Kier alpha value is -0.860. The van der Waals surface area contributed by atoms with Crippen LogP contribution in [0, 0.1) is 6.92 Å². The van der Waals surface area contributed by atoms with Gasteiger partial charge in [0.25, 0.3) is 0 Å². The summed E-state index contributed by atoms with van der Waals surface area (Å²) in [4.78, 5) is 2.70. The van der Waals surface area contributed by atoms with E-state index in [1.807, 2.05) is 0 Å². The summed E-state index contributed by atoms with van der Waals surface area (Å²) in [6.07, 6.45) is 6.67. The number of hydrogen-bond acceptors (Lipinski definition) is 2. The zero-order valence-electron chi connectivity index (χ0n) is 13.0. The van der Waals surface area contributed by atoms with Crippen LogP contribution >= 0.6 is 0 Å². The van der Waals surface area contributed by atoms with Crippen LogP contribution in [0.3, 0.4) is 0 Å². The van der Waals surface area contributed by atoms with Crippen molar-refractivity contribution in [1.29, 1.82) is 0 Å². The Morgan fingerprint density at radius 3 is 2.90 bits per heavy atom. The molecule has 3 rings (SSSR count). The van der Waals surface area contributed by atoms with Gasteiger partial charge in [0.1, 0.15) is 0 Å². The third-order valence-electron chi connectivity index (χ3n) is 5.06. The molecule has 0 saturated carbocycles. The van der Waals surface area contributed by atoms with Gasteiger partial charge < -0.3 is 5.32 Å². The van der Waals surface area contributed by atoms with Gasteiger partial charge in [-0.1, -0.05) is 37.1 Å². The molecular formula is C18H28N2. The average Bonchev–Trinajstić information content (AvgIpc) is 2.89. The van der Waals surface area contributed by atoms with Gasteiger partial charge in [-0.25, -0.2) is 0 Å². The Labute approximate surface area is 123 Å². The van der Waals surface area contributed by atoms with E-state index in [2.05, 4.69) is 42.3 Å². The first-order valence-electron chi connectivity index (χ1n) is 8.34. The highest BCUT2D eigenvalue weighted by atomic mass is 15.2. The highest BCUT2D eigenvalue weighted by Crippen LogP contribution is 2.36. The predicted octanol–water partition coefficient (Wildman–Crippen LogP) is 3.45. The lowest BCUT2D eigenvalue weighted by molar-refractivity contribution is 0.173. The molecule has 1 aliphatic carbocycles. The number of piperidine rings is 1. The minimum atomic E-state index is 0.652. The van der Waals surface area contributed by atoms with Gasteiger partial charge in [0.15, 0.2) is 0 Å².